The van der Waals surface area contributed by atoms with Gasteiger partial charge in [-0.05, 0) is 23.3 Å². The Kier molecular flexibility index (Phi) is 5.53. The quantitative estimate of drug-likeness (QED) is 0.777. The Morgan fingerprint density at radius 1 is 0.966 bits per heavy atom. The SMILES string of the molecule is COc1cccc(CN2CCN3C(=O)[C@H](Cc4ccccc4)N(C)C(=O)[C@H]3C2)c1. The molecular weight excluding hydrogens is 366 g/mol. The van der Waals surface area contributed by atoms with E-state index >= 15 is 0 Å². The van der Waals surface area contributed by atoms with Crippen molar-refractivity contribution in [2.45, 2.75) is 25.0 Å². The molecule has 29 heavy (non-hydrogen) atoms. The van der Waals surface area contributed by atoms with Crippen LogP contribution in [0.5, 0.6) is 5.75 Å². The highest BCUT2D eigenvalue weighted by atomic mass is 16.5. The van der Waals surface area contributed by atoms with Crippen LogP contribution in [0.4, 0.5) is 0 Å². The molecule has 2 aromatic rings. The van der Waals surface area contributed by atoms with Gasteiger partial charge in [0.05, 0.1) is 7.11 Å². The molecule has 2 fully saturated rings. The van der Waals surface area contributed by atoms with Crippen LogP contribution in [0.2, 0.25) is 0 Å². The van der Waals surface area contributed by atoms with Crippen LogP contribution in [0, 0.1) is 0 Å². The minimum Gasteiger partial charge on any atom is -0.497 e. The van der Waals surface area contributed by atoms with E-state index in [9.17, 15) is 9.59 Å². The minimum atomic E-state index is -0.425. The molecule has 2 aliphatic rings. The fourth-order valence-corrected chi connectivity index (χ4v) is 4.29. The van der Waals surface area contributed by atoms with Crippen LogP contribution in [0.25, 0.3) is 0 Å². The second-order valence-electron chi connectivity index (χ2n) is 7.79. The fourth-order valence-electron chi connectivity index (χ4n) is 4.29. The number of ether oxygens (including phenoxy) is 1. The molecule has 6 heteroatoms. The Morgan fingerprint density at radius 2 is 1.72 bits per heavy atom. The summed E-state index contributed by atoms with van der Waals surface area (Å²) in [7, 11) is 3.41. The Morgan fingerprint density at radius 3 is 2.48 bits per heavy atom. The highest BCUT2D eigenvalue weighted by Crippen LogP contribution is 2.24. The summed E-state index contributed by atoms with van der Waals surface area (Å²) < 4.78 is 5.30. The van der Waals surface area contributed by atoms with Gasteiger partial charge in [-0.2, -0.15) is 0 Å². The Bertz CT molecular complexity index is 886. The molecule has 0 aliphatic carbocycles. The average molecular weight is 393 g/mol. The lowest BCUT2D eigenvalue weighted by molar-refractivity contribution is -0.164. The maximum atomic E-state index is 13.2. The maximum Gasteiger partial charge on any atom is 0.247 e. The molecular formula is C23H27N3O3. The van der Waals surface area contributed by atoms with Gasteiger partial charge in [-0.15, -0.1) is 0 Å². The van der Waals surface area contributed by atoms with E-state index in [0.29, 0.717) is 19.5 Å². The number of amides is 2. The molecule has 2 atom stereocenters. The molecule has 0 radical (unpaired) electrons. The van der Waals surface area contributed by atoms with Gasteiger partial charge in [-0.25, -0.2) is 0 Å². The van der Waals surface area contributed by atoms with E-state index in [1.54, 1.807) is 24.0 Å². The van der Waals surface area contributed by atoms with Gasteiger partial charge in [-0.1, -0.05) is 42.5 Å². The number of fused-ring (bicyclic) bond motifs is 1. The highest BCUT2D eigenvalue weighted by Gasteiger charge is 2.46. The van der Waals surface area contributed by atoms with E-state index in [1.807, 2.05) is 48.5 Å². The lowest BCUT2D eigenvalue weighted by Gasteiger charge is -2.48. The maximum absolute atomic E-state index is 13.2. The van der Waals surface area contributed by atoms with Crippen LogP contribution in [-0.4, -0.2) is 72.4 Å². The van der Waals surface area contributed by atoms with E-state index in [-0.39, 0.29) is 11.8 Å². The number of likely N-dealkylation sites (N-methyl/N-ethyl adjacent to an activating group) is 1. The molecule has 4 rings (SSSR count). The van der Waals surface area contributed by atoms with Gasteiger partial charge in [0.15, 0.2) is 0 Å². The van der Waals surface area contributed by atoms with Gasteiger partial charge in [0.25, 0.3) is 0 Å². The van der Waals surface area contributed by atoms with Crippen molar-refractivity contribution < 1.29 is 14.3 Å². The first-order valence-corrected chi connectivity index (χ1v) is 10.0. The summed E-state index contributed by atoms with van der Waals surface area (Å²) in [5, 5.41) is 0. The van der Waals surface area contributed by atoms with Crippen molar-refractivity contribution in [3.05, 3.63) is 65.7 Å². The first-order valence-electron chi connectivity index (χ1n) is 10.0. The molecule has 0 bridgehead atoms. The van der Waals surface area contributed by atoms with Crippen molar-refractivity contribution >= 4 is 11.8 Å². The number of carbonyl (C=O) groups is 2. The van der Waals surface area contributed by atoms with Crippen LogP contribution < -0.4 is 4.74 Å². The number of piperazine rings is 2. The smallest absolute Gasteiger partial charge is 0.247 e. The molecule has 2 saturated heterocycles. The first-order chi connectivity index (χ1) is 14.1. The van der Waals surface area contributed by atoms with E-state index in [1.165, 1.54) is 0 Å². The van der Waals surface area contributed by atoms with Crippen LogP contribution >= 0.6 is 0 Å². The number of nitrogens with zero attached hydrogens (tertiary/aromatic N) is 3. The van der Waals surface area contributed by atoms with E-state index in [0.717, 1.165) is 30.0 Å². The molecule has 2 heterocycles. The van der Waals surface area contributed by atoms with Crippen LogP contribution in [0.3, 0.4) is 0 Å². The van der Waals surface area contributed by atoms with Gasteiger partial charge in [-0.3, -0.25) is 14.5 Å². The van der Waals surface area contributed by atoms with Gasteiger partial charge < -0.3 is 14.5 Å². The molecule has 2 aliphatic heterocycles. The normalized spacial score (nSPS) is 22.6. The molecule has 0 N–H and O–H groups in total. The zero-order valence-corrected chi connectivity index (χ0v) is 17.0. The Hall–Kier alpha value is -2.86. The highest BCUT2D eigenvalue weighted by molar-refractivity contribution is 5.97. The lowest BCUT2D eigenvalue weighted by atomic mass is 9.97. The summed E-state index contributed by atoms with van der Waals surface area (Å²) in [6.45, 7) is 2.64. The molecule has 2 amide bonds. The molecule has 2 aromatic carbocycles. The van der Waals surface area contributed by atoms with Crippen LogP contribution in [-0.2, 0) is 22.6 Å². The van der Waals surface area contributed by atoms with Crippen molar-refractivity contribution in [1.29, 1.82) is 0 Å². The molecule has 0 aromatic heterocycles. The predicted molar refractivity (Wildman–Crippen MR) is 110 cm³/mol. The third kappa shape index (κ3) is 3.98. The standard InChI is InChI=1S/C23H27N3O3/c1-24-20(14-17-7-4-3-5-8-17)23(28)26-12-11-25(16-21(26)22(24)27)15-18-9-6-10-19(13-18)29-2/h3-10,13,20-21H,11-12,14-16H2,1-2H3/t20-,21+/m0/s1. The minimum absolute atomic E-state index is 0.0286. The van der Waals surface area contributed by atoms with E-state index < -0.39 is 12.1 Å². The zero-order chi connectivity index (χ0) is 20.4. The molecule has 0 saturated carbocycles. The van der Waals surface area contributed by atoms with Crippen molar-refractivity contribution in [2.75, 3.05) is 33.8 Å². The first kappa shape index (κ1) is 19.5. The Balaban J connectivity index is 1.46. The van der Waals surface area contributed by atoms with Gasteiger partial charge >= 0.3 is 0 Å². The van der Waals surface area contributed by atoms with Crippen molar-refractivity contribution in [2.24, 2.45) is 0 Å². The molecule has 6 nitrogen and oxygen atoms in total. The average Bonchev–Trinajstić information content (AvgIpc) is 2.76. The van der Waals surface area contributed by atoms with E-state index in [2.05, 4.69) is 11.0 Å². The lowest BCUT2D eigenvalue weighted by Crippen LogP contribution is -2.69. The number of hydrogen-bond acceptors (Lipinski definition) is 4. The van der Waals surface area contributed by atoms with Crippen LogP contribution in [0.1, 0.15) is 11.1 Å². The number of hydrogen-bond donors (Lipinski definition) is 0. The van der Waals surface area contributed by atoms with Crippen molar-refractivity contribution in [3.8, 4) is 5.75 Å². The monoisotopic (exact) mass is 393 g/mol. The molecule has 152 valence electrons. The van der Waals surface area contributed by atoms with E-state index in [4.69, 9.17) is 4.74 Å². The second kappa shape index (κ2) is 8.25. The summed E-state index contributed by atoms with van der Waals surface area (Å²) in [5.74, 6) is 0.913. The number of benzene rings is 2. The third-order valence-electron chi connectivity index (χ3n) is 5.95. The molecule has 0 spiro atoms. The largest absolute Gasteiger partial charge is 0.497 e. The summed E-state index contributed by atoms with van der Waals surface area (Å²) in [6, 6.07) is 17.0. The van der Waals surface area contributed by atoms with Gasteiger partial charge in [0.2, 0.25) is 11.8 Å². The van der Waals surface area contributed by atoms with Gasteiger partial charge in [0, 0.05) is 39.6 Å². The van der Waals surface area contributed by atoms with Crippen LogP contribution in [0.15, 0.2) is 54.6 Å². The predicted octanol–water partition coefficient (Wildman–Crippen LogP) is 1.79. The number of rotatable bonds is 5. The van der Waals surface area contributed by atoms with Gasteiger partial charge in [0.1, 0.15) is 17.8 Å². The summed E-state index contributed by atoms with van der Waals surface area (Å²) in [4.78, 5) is 31.9. The molecule has 0 unspecified atom stereocenters. The topological polar surface area (TPSA) is 53.1 Å². The second-order valence-corrected chi connectivity index (χ2v) is 7.79. The van der Waals surface area contributed by atoms with Crippen molar-refractivity contribution in [1.82, 2.24) is 14.7 Å². The van der Waals surface area contributed by atoms with Crippen molar-refractivity contribution in [3.63, 3.8) is 0 Å². The third-order valence-corrected chi connectivity index (χ3v) is 5.95. The number of methoxy groups -OCH3 is 1. The zero-order valence-electron chi connectivity index (χ0n) is 17.0. The number of carbonyl (C=O) groups excluding carboxylic acids is 2. The summed E-state index contributed by atoms with van der Waals surface area (Å²) in [5.41, 5.74) is 2.21. The Labute approximate surface area is 171 Å². The summed E-state index contributed by atoms with van der Waals surface area (Å²) >= 11 is 0. The fraction of sp³-hybridized carbons (Fsp3) is 0.391. The summed E-state index contributed by atoms with van der Waals surface area (Å²) in [6.07, 6.45) is 0.554.